The van der Waals surface area contributed by atoms with Gasteiger partial charge in [-0.2, -0.15) is 0 Å². The SMILES string of the molecule is CCCNCc1ccc(OC(C)C(=O)NC(N)=O)c(Br)c1. The minimum Gasteiger partial charge on any atom is -0.480 e. The summed E-state index contributed by atoms with van der Waals surface area (Å²) in [5.41, 5.74) is 6.00. The average Bonchev–Trinajstić information content (AvgIpc) is 2.41. The Hall–Kier alpha value is -1.60. The molecule has 0 saturated heterocycles. The van der Waals surface area contributed by atoms with Gasteiger partial charge in [0.2, 0.25) is 0 Å². The van der Waals surface area contributed by atoms with Crippen LogP contribution < -0.4 is 21.1 Å². The number of carbonyl (C=O) groups excluding carboxylic acids is 2. The monoisotopic (exact) mass is 357 g/mol. The van der Waals surface area contributed by atoms with Crippen LogP contribution in [-0.2, 0) is 11.3 Å². The first-order valence-corrected chi connectivity index (χ1v) is 7.49. The summed E-state index contributed by atoms with van der Waals surface area (Å²) in [6, 6.07) is 4.73. The zero-order valence-electron chi connectivity index (χ0n) is 12.1. The minimum absolute atomic E-state index is 0.529. The number of carbonyl (C=O) groups is 2. The number of hydrogen-bond acceptors (Lipinski definition) is 4. The van der Waals surface area contributed by atoms with Gasteiger partial charge in [0, 0.05) is 6.54 Å². The molecule has 0 fully saturated rings. The highest BCUT2D eigenvalue weighted by molar-refractivity contribution is 9.10. The molecule has 1 aromatic carbocycles. The molecule has 6 nitrogen and oxygen atoms in total. The molecule has 1 rings (SSSR count). The first kappa shape index (κ1) is 17.5. The molecule has 3 amide bonds. The van der Waals surface area contributed by atoms with Gasteiger partial charge >= 0.3 is 6.03 Å². The van der Waals surface area contributed by atoms with Gasteiger partial charge in [-0.25, -0.2) is 4.79 Å². The number of primary amides is 1. The number of urea groups is 1. The smallest absolute Gasteiger partial charge is 0.318 e. The van der Waals surface area contributed by atoms with E-state index >= 15 is 0 Å². The Kier molecular flexibility index (Phi) is 7.18. The van der Waals surface area contributed by atoms with E-state index in [4.69, 9.17) is 10.5 Å². The molecule has 4 N–H and O–H groups in total. The largest absolute Gasteiger partial charge is 0.480 e. The third kappa shape index (κ3) is 6.14. The molecule has 0 radical (unpaired) electrons. The summed E-state index contributed by atoms with van der Waals surface area (Å²) < 4.78 is 6.25. The van der Waals surface area contributed by atoms with Gasteiger partial charge in [-0.3, -0.25) is 10.1 Å². The third-order valence-electron chi connectivity index (χ3n) is 2.67. The fraction of sp³-hybridized carbons (Fsp3) is 0.429. The fourth-order valence-corrected chi connectivity index (χ4v) is 2.15. The Labute approximate surface area is 132 Å². The maximum atomic E-state index is 11.5. The van der Waals surface area contributed by atoms with E-state index in [1.54, 1.807) is 13.0 Å². The van der Waals surface area contributed by atoms with Crippen LogP contribution in [0.4, 0.5) is 4.79 Å². The Balaban J connectivity index is 2.63. The fourth-order valence-electron chi connectivity index (χ4n) is 1.63. The second-order valence-corrected chi connectivity index (χ2v) is 5.41. The molecule has 0 saturated carbocycles. The van der Waals surface area contributed by atoms with E-state index in [9.17, 15) is 9.59 Å². The molecule has 1 aromatic rings. The zero-order valence-corrected chi connectivity index (χ0v) is 13.7. The van der Waals surface area contributed by atoms with Crippen molar-refractivity contribution < 1.29 is 14.3 Å². The number of halogens is 1. The van der Waals surface area contributed by atoms with Crippen LogP contribution in [0.25, 0.3) is 0 Å². The molecule has 116 valence electrons. The molecule has 0 aliphatic carbocycles. The van der Waals surface area contributed by atoms with Crippen molar-refractivity contribution in [2.45, 2.75) is 32.9 Å². The molecule has 7 heteroatoms. The normalized spacial score (nSPS) is 11.8. The molecule has 21 heavy (non-hydrogen) atoms. The molecule has 0 aliphatic rings. The maximum Gasteiger partial charge on any atom is 0.318 e. The molecule has 0 aromatic heterocycles. The molecule has 0 aliphatic heterocycles. The van der Waals surface area contributed by atoms with Crippen LogP contribution in [0.1, 0.15) is 25.8 Å². The van der Waals surface area contributed by atoms with Gasteiger partial charge in [0.1, 0.15) is 5.75 Å². The van der Waals surface area contributed by atoms with Crippen molar-refractivity contribution in [3.05, 3.63) is 28.2 Å². The highest BCUT2D eigenvalue weighted by atomic mass is 79.9. The second-order valence-electron chi connectivity index (χ2n) is 4.56. The summed E-state index contributed by atoms with van der Waals surface area (Å²) in [6.45, 7) is 5.38. The van der Waals surface area contributed by atoms with E-state index in [0.717, 1.165) is 29.5 Å². The van der Waals surface area contributed by atoms with Crippen LogP contribution in [0.3, 0.4) is 0 Å². The average molecular weight is 358 g/mol. The van der Waals surface area contributed by atoms with Crippen LogP contribution in [0.15, 0.2) is 22.7 Å². The zero-order chi connectivity index (χ0) is 15.8. The van der Waals surface area contributed by atoms with Crippen molar-refractivity contribution >= 4 is 27.9 Å². The van der Waals surface area contributed by atoms with E-state index in [1.165, 1.54) is 0 Å². The summed E-state index contributed by atoms with van der Waals surface area (Å²) in [7, 11) is 0. The number of rotatable bonds is 7. The summed E-state index contributed by atoms with van der Waals surface area (Å²) in [5, 5.41) is 5.28. The Morgan fingerprint density at radius 2 is 2.14 bits per heavy atom. The summed E-state index contributed by atoms with van der Waals surface area (Å²) in [4.78, 5) is 22.2. The van der Waals surface area contributed by atoms with Crippen molar-refractivity contribution in [3.63, 3.8) is 0 Å². The standard InChI is InChI=1S/C14H20BrN3O3/c1-3-6-17-8-10-4-5-12(11(15)7-10)21-9(2)13(19)18-14(16)20/h4-5,7,9,17H,3,6,8H2,1-2H3,(H3,16,18,19,20). The first-order valence-electron chi connectivity index (χ1n) is 6.70. The van der Waals surface area contributed by atoms with Crippen molar-refractivity contribution in [2.24, 2.45) is 5.73 Å². The van der Waals surface area contributed by atoms with Gasteiger partial charge in [0.25, 0.3) is 5.91 Å². The number of nitrogens with one attached hydrogen (secondary N) is 2. The highest BCUT2D eigenvalue weighted by Crippen LogP contribution is 2.27. The lowest BCUT2D eigenvalue weighted by Gasteiger charge is -2.15. The quantitative estimate of drug-likeness (QED) is 0.649. The molecule has 1 atom stereocenters. The van der Waals surface area contributed by atoms with E-state index < -0.39 is 18.0 Å². The van der Waals surface area contributed by atoms with Crippen molar-refractivity contribution in [2.75, 3.05) is 6.54 Å². The number of amides is 3. The van der Waals surface area contributed by atoms with Crippen molar-refractivity contribution in [3.8, 4) is 5.75 Å². The van der Waals surface area contributed by atoms with Gasteiger partial charge in [-0.15, -0.1) is 0 Å². The summed E-state index contributed by atoms with van der Waals surface area (Å²) in [6.07, 6.45) is 0.257. The number of ether oxygens (including phenoxy) is 1. The number of benzene rings is 1. The summed E-state index contributed by atoms with van der Waals surface area (Å²) in [5.74, 6) is -0.0514. The Morgan fingerprint density at radius 1 is 1.43 bits per heavy atom. The Bertz CT molecular complexity index is 508. The highest BCUT2D eigenvalue weighted by Gasteiger charge is 2.17. The van der Waals surface area contributed by atoms with Crippen molar-refractivity contribution in [1.82, 2.24) is 10.6 Å². The maximum absolute atomic E-state index is 11.5. The minimum atomic E-state index is -0.896. The number of nitrogens with two attached hydrogens (primary N) is 1. The molecule has 0 spiro atoms. The van der Waals surface area contributed by atoms with Gasteiger partial charge in [-0.05, 0) is 53.5 Å². The van der Waals surface area contributed by atoms with Crippen LogP contribution >= 0.6 is 15.9 Å². The third-order valence-corrected chi connectivity index (χ3v) is 3.29. The number of imide groups is 1. The topological polar surface area (TPSA) is 93.4 Å². The lowest BCUT2D eigenvalue weighted by atomic mass is 10.2. The van der Waals surface area contributed by atoms with Gasteiger partial charge < -0.3 is 15.8 Å². The lowest BCUT2D eigenvalue weighted by Crippen LogP contribution is -2.42. The first-order chi connectivity index (χ1) is 9.93. The van der Waals surface area contributed by atoms with Crippen molar-refractivity contribution in [1.29, 1.82) is 0 Å². The lowest BCUT2D eigenvalue weighted by molar-refractivity contribution is -0.126. The molecule has 1 unspecified atom stereocenters. The predicted octanol–water partition coefficient (Wildman–Crippen LogP) is 1.91. The second kappa shape index (κ2) is 8.63. The molecular formula is C14H20BrN3O3. The van der Waals surface area contributed by atoms with E-state index in [1.807, 2.05) is 17.4 Å². The van der Waals surface area contributed by atoms with Gasteiger partial charge in [-0.1, -0.05) is 13.0 Å². The predicted molar refractivity (Wildman–Crippen MR) is 84.0 cm³/mol. The molecule has 0 heterocycles. The molecular weight excluding hydrogens is 338 g/mol. The van der Waals surface area contributed by atoms with Crippen LogP contribution in [0, 0.1) is 0 Å². The summed E-state index contributed by atoms with van der Waals surface area (Å²) >= 11 is 3.41. The van der Waals surface area contributed by atoms with E-state index in [-0.39, 0.29) is 0 Å². The van der Waals surface area contributed by atoms with Crippen LogP contribution in [0.5, 0.6) is 5.75 Å². The van der Waals surface area contributed by atoms with Gasteiger partial charge in [0.15, 0.2) is 6.10 Å². The van der Waals surface area contributed by atoms with Crippen LogP contribution in [0.2, 0.25) is 0 Å². The Morgan fingerprint density at radius 3 is 2.71 bits per heavy atom. The van der Waals surface area contributed by atoms with Crippen LogP contribution in [-0.4, -0.2) is 24.6 Å². The van der Waals surface area contributed by atoms with E-state index in [0.29, 0.717) is 5.75 Å². The van der Waals surface area contributed by atoms with Gasteiger partial charge in [0.05, 0.1) is 4.47 Å². The van der Waals surface area contributed by atoms with E-state index in [2.05, 4.69) is 28.2 Å². The number of hydrogen-bond donors (Lipinski definition) is 3. The molecule has 0 bridgehead atoms.